The van der Waals surface area contributed by atoms with Gasteiger partial charge in [0.05, 0.1) is 24.4 Å². The van der Waals surface area contributed by atoms with E-state index in [0.29, 0.717) is 22.7 Å². The largest absolute Gasteiger partial charge is 0.450 e. The molecule has 0 aromatic heterocycles. The molecule has 0 radical (unpaired) electrons. The molecule has 1 aliphatic carbocycles. The van der Waals surface area contributed by atoms with E-state index in [-0.39, 0.29) is 37.6 Å². The Morgan fingerprint density at radius 1 is 1.03 bits per heavy atom. The number of hydrogen-bond donors (Lipinski definition) is 4. The molecule has 2 rings (SSSR count). The Bertz CT molecular complexity index is 762. The minimum Gasteiger partial charge on any atom is -0.450 e. The summed E-state index contributed by atoms with van der Waals surface area (Å²) in [6.07, 6.45) is 3.38. The normalized spacial score (nSPS) is 14.6. The number of likely N-dealkylation sites (N-methyl/N-ethyl adjacent to an activating group) is 1. The smallest absolute Gasteiger partial charge is 0.414 e. The SMILES string of the molecule is CCOC(=O)NC(=O)C[NH+](CC)CC(=O)Nc1ccccc1C(=O)NC1CCCC1. The molecule has 4 amide bonds. The predicted octanol–water partition coefficient (Wildman–Crippen LogP) is 0.475. The topological polar surface area (TPSA) is 118 Å². The number of rotatable bonds is 9. The average Bonchev–Trinajstić information content (AvgIpc) is 3.20. The Hall–Kier alpha value is -2.94. The van der Waals surface area contributed by atoms with Crippen molar-refractivity contribution in [3.63, 3.8) is 0 Å². The number of anilines is 1. The summed E-state index contributed by atoms with van der Waals surface area (Å²) in [7, 11) is 0. The van der Waals surface area contributed by atoms with Gasteiger partial charge < -0.3 is 20.3 Å². The highest BCUT2D eigenvalue weighted by atomic mass is 16.5. The van der Waals surface area contributed by atoms with E-state index in [9.17, 15) is 19.2 Å². The van der Waals surface area contributed by atoms with Crippen molar-refractivity contribution in [2.24, 2.45) is 0 Å². The van der Waals surface area contributed by atoms with E-state index in [1.165, 1.54) is 0 Å². The second-order valence-corrected chi connectivity index (χ2v) is 7.27. The number of quaternary nitrogens is 1. The van der Waals surface area contributed by atoms with Gasteiger partial charge in [-0.25, -0.2) is 4.79 Å². The highest BCUT2D eigenvalue weighted by molar-refractivity contribution is 6.04. The lowest BCUT2D eigenvalue weighted by Crippen LogP contribution is -3.14. The molecule has 1 aromatic rings. The van der Waals surface area contributed by atoms with Crippen LogP contribution in [-0.4, -0.2) is 56.1 Å². The third-order valence-electron chi connectivity index (χ3n) is 4.97. The van der Waals surface area contributed by atoms with Crippen molar-refractivity contribution in [2.75, 3.05) is 31.6 Å². The minimum atomic E-state index is -0.801. The molecule has 4 N–H and O–H groups in total. The van der Waals surface area contributed by atoms with Crippen molar-refractivity contribution >= 4 is 29.5 Å². The van der Waals surface area contributed by atoms with Gasteiger partial charge in [0.25, 0.3) is 17.7 Å². The van der Waals surface area contributed by atoms with Crippen LogP contribution in [0.1, 0.15) is 49.9 Å². The fourth-order valence-electron chi connectivity index (χ4n) is 3.41. The maximum absolute atomic E-state index is 12.6. The van der Waals surface area contributed by atoms with E-state index in [4.69, 9.17) is 0 Å². The molecule has 9 nitrogen and oxygen atoms in total. The lowest BCUT2D eigenvalue weighted by Gasteiger charge is -2.18. The van der Waals surface area contributed by atoms with Crippen LogP contribution in [0, 0.1) is 0 Å². The van der Waals surface area contributed by atoms with Crippen LogP contribution in [0.2, 0.25) is 0 Å². The van der Waals surface area contributed by atoms with Crippen LogP contribution in [0.4, 0.5) is 10.5 Å². The molecule has 0 heterocycles. The number of benzene rings is 1. The first kappa shape index (κ1) is 23.3. The summed E-state index contributed by atoms with van der Waals surface area (Å²) >= 11 is 0. The molecule has 1 aliphatic rings. The minimum absolute atomic E-state index is 0.0192. The Balaban J connectivity index is 1.92. The molecule has 0 saturated heterocycles. The lowest BCUT2D eigenvalue weighted by molar-refractivity contribution is -0.881. The summed E-state index contributed by atoms with van der Waals surface area (Å²) in [6.45, 7) is 4.12. The van der Waals surface area contributed by atoms with Crippen molar-refractivity contribution in [2.45, 2.75) is 45.6 Å². The van der Waals surface area contributed by atoms with E-state index in [1.807, 2.05) is 6.92 Å². The highest BCUT2D eigenvalue weighted by Gasteiger charge is 2.22. The molecule has 164 valence electrons. The molecule has 1 fully saturated rings. The number of amides is 4. The zero-order chi connectivity index (χ0) is 21.9. The third-order valence-corrected chi connectivity index (χ3v) is 4.97. The van der Waals surface area contributed by atoms with Crippen molar-refractivity contribution < 1.29 is 28.8 Å². The maximum atomic E-state index is 12.6. The zero-order valence-corrected chi connectivity index (χ0v) is 17.6. The first-order valence-corrected chi connectivity index (χ1v) is 10.4. The van der Waals surface area contributed by atoms with Gasteiger partial charge in [0, 0.05) is 6.04 Å². The van der Waals surface area contributed by atoms with Gasteiger partial charge in [-0.05, 0) is 38.8 Å². The van der Waals surface area contributed by atoms with E-state index in [2.05, 4.69) is 20.7 Å². The summed E-state index contributed by atoms with van der Waals surface area (Å²) in [4.78, 5) is 49.1. The van der Waals surface area contributed by atoms with Gasteiger partial charge in [-0.3, -0.25) is 19.7 Å². The third kappa shape index (κ3) is 7.47. The lowest BCUT2D eigenvalue weighted by atomic mass is 10.1. The molecule has 30 heavy (non-hydrogen) atoms. The van der Waals surface area contributed by atoms with Crippen molar-refractivity contribution in [3.05, 3.63) is 29.8 Å². The standard InChI is InChI=1S/C21H30N4O5/c1-3-25(14-19(27)24-21(29)30-4-2)13-18(26)23-17-12-8-7-11-16(17)20(28)22-15-9-5-6-10-15/h7-8,11-12,15H,3-6,9-10,13-14H2,1-2H3,(H,22,28)(H,23,26)(H,24,27,29)/p+1. The van der Waals surface area contributed by atoms with E-state index in [0.717, 1.165) is 25.7 Å². The Labute approximate surface area is 176 Å². The molecular formula is C21H31N4O5+. The summed E-state index contributed by atoms with van der Waals surface area (Å²) in [5.74, 6) is -1.04. The van der Waals surface area contributed by atoms with Crippen LogP contribution in [-0.2, 0) is 14.3 Å². The van der Waals surface area contributed by atoms with Gasteiger partial charge in [-0.2, -0.15) is 0 Å². The predicted molar refractivity (Wildman–Crippen MR) is 111 cm³/mol. The second-order valence-electron chi connectivity index (χ2n) is 7.27. The molecule has 1 saturated carbocycles. The molecule has 0 bridgehead atoms. The van der Waals surface area contributed by atoms with Crippen LogP contribution >= 0.6 is 0 Å². The molecule has 1 atom stereocenters. The fraction of sp³-hybridized carbons (Fsp3) is 0.524. The van der Waals surface area contributed by atoms with Gasteiger partial charge in [0.1, 0.15) is 0 Å². The van der Waals surface area contributed by atoms with Gasteiger partial charge >= 0.3 is 6.09 Å². The maximum Gasteiger partial charge on any atom is 0.414 e. The van der Waals surface area contributed by atoms with E-state index < -0.39 is 12.0 Å². The monoisotopic (exact) mass is 419 g/mol. The summed E-state index contributed by atoms with van der Waals surface area (Å²) in [5.41, 5.74) is 0.847. The van der Waals surface area contributed by atoms with Crippen LogP contribution < -0.4 is 20.9 Å². The van der Waals surface area contributed by atoms with Crippen LogP contribution in [0.3, 0.4) is 0 Å². The number of carbonyl (C=O) groups excluding carboxylic acids is 4. The molecular weight excluding hydrogens is 388 g/mol. The van der Waals surface area contributed by atoms with Crippen molar-refractivity contribution in [3.8, 4) is 0 Å². The van der Waals surface area contributed by atoms with Gasteiger partial charge in [0.2, 0.25) is 0 Å². The van der Waals surface area contributed by atoms with Gasteiger partial charge in [0.15, 0.2) is 13.1 Å². The summed E-state index contributed by atoms with van der Waals surface area (Å²) < 4.78 is 4.67. The molecule has 1 aromatic carbocycles. The Kier molecular flexibility index (Phi) is 9.27. The first-order chi connectivity index (χ1) is 14.4. The van der Waals surface area contributed by atoms with Crippen molar-refractivity contribution in [1.29, 1.82) is 0 Å². The Morgan fingerprint density at radius 2 is 1.70 bits per heavy atom. The Morgan fingerprint density at radius 3 is 2.37 bits per heavy atom. The molecule has 1 unspecified atom stereocenters. The number of alkyl carbamates (subject to hydrolysis) is 1. The average molecular weight is 420 g/mol. The number of imide groups is 1. The summed E-state index contributed by atoms with van der Waals surface area (Å²) in [6, 6.07) is 7.04. The zero-order valence-electron chi connectivity index (χ0n) is 17.6. The van der Waals surface area contributed by atoms with Gasteiger partial charge in [-0.1, -0.05) is 25.0 Å². The van der Waals surface area contributed by atoms with Crippen LogP contribution in [0.15, 0.2) is 24.3 Å². The first-order valence-electron chi connectivity index (χ1n) is 10.4. The second kappa shape index (κ2) is 11.9. The van der Waals surface area contributed by atoms with E-state index in [1.54, 1.807) is 31.2 Å². The quantitative estimate of drug-likeness (QED) is 0.464. The van der Waals surface area contributed by atoms with Crippen LogP contribution in [0.25, 0.3) is 0 Å². The number of para-hydroxylation sites is 1. The number of carbonyl (C=O) groups is 4. The van der Waals surface area contributed by atoms with Crippen LogP contribution in [0.5, 0.6) is 0 Å². The molecule has 0 aliphatic heterocycles. The molecule has 9 heteroatoms. The number of hydrogen-bond acceptors (Lipinski definition) is 5. The van der Waals surface area contributed by atoms with E-state index >= 15 is 0 Å². The highest BCUT2D eigenvalue weighted by Crippen LogP contribution is 2.20. The number of nitrogens with one attached hydrogen (secondary N) is 4. The van der Waals surface area contributed by atoms with Crippen molar-refractivity contribution in [1.82, 2.24) is 10.6 Å². The number of ether oxygens (including phenoxy) is 1. The van der Waals surface area contributed by atoms with Gasteiger partial charge in [-0.15, -0.1) is 0 Å². The fourth-order valence-corrected chi connectivity index (χ4v) is 3.41. The summed E-state index contributed by atoms with van der Waals surface area (Å²) in [5, 5.41) is 7.92. The molecule has 0 spiro atoms.